The molecule has 0 radical (unpaired) electrons. The quantitative estimate of drug-likeness (QED) is 0.0703. The minimum atomic E-state index is 0.0582. The molecule has 0 unspecified atom stereocenters. The number of nitrogens with one attached hydrogen (secondary N) is 2. The Labute approximate surface area is 235 Å². The largest absolute Gasteiger partial charge is 0.367 e. The fraction of sp³-hybridized carbons (Fsp3) is 0.273. The molecule has 0 saturated heterocycles. The minimum absolute atomic E-state index is 0.0582. The highest BCUT2D eigenvalue weighted by molar-refractivity contribution is 6.39. The first-order valence-electron chi connectivity index (χ1n) is 10.7. The lowest BCUT2D eigenvalue weighted by atomic mass is 10.2. The number of benzene rings is 2. The van der Waals surface area contributed by atoms with E-state index in [1.165, 1.54) is 6.21 Å². The Kier molecular flexibility index (Phi) is 19.7. The second kappa shape index (κ2) is 21.3. The van der Waals surface area contributed by atoms with Crippen molar-refractivity contribution in [2.24, 2.45) is 32.6 Å². The molecule has 0 spiro atoms. The van der Waals surface area contributed by atoms with Crippen molar-refractivity contribution in [3.63, 3.8) is 0 Å². The molecule has 0 aliphatic heterocycles. The number of nitrogens with two attached hydrogens (primary N) is 3. The standard InChI is InChI=1S/C11H14Cl2N4O.C7H4Cl2O.C4H12N4O/c1-2-6-18-17-11(14)16-15-7-8-9(12)4-3-5-10(8)13;8-6-2-1-3-7(9)5(6)4-10;1-2-3-9-8-4(5)7-6/h3-5,7H,2,6H2,1H3,(H3,14,16,17);1-4H;2-3,6H2,1H3,(H3,5,7,8)/b15-7+;;. The van der Waals surface area contributed by atoms with Gasteiger partial charge in [0, 0.05) is 5.56 Å². The van der Waals surface area contributed by atoms with Gasteiger partial charge >= 0.3 is 0 Å². The predicted octanol–water partition coefficient (Wildman–Crippen LogP) is 4.49. The summed E-state index contributed by atoms with van der Waals surface area (Å²) in [6.07, 6.45) is 3.87. The third-order valence-electron chi connectivity index (χ3n) is 3.57. The van der Waals surface area contributed by atoms with Crippen molar-refractivity contribution >= 4 is 70.8 Å². The van der Waals surface area contributed by atoms with E-state index in [-0.39, 0.29) is 11.9 Å². The van der Waals surface area contributed by atoms with E-state index < -0.39 is 0 Å². The zero-order valence-corrected chi connectivity index (χ0v) is 23.3. The molecule has 0 saturated carbocycles. The first-order chi connectivity index (χ1) is 17.7. The van der Waals surface area contributed by atoms with Gasteiger partial charge in [0.2, 0.25) is 11.9 Å². The molecule has 11 nitrogen and oxygen atoms in total. The summed E-state index contributed by atoms with van der Waals surface area (Å²) in [5.41, 5.74) is 16.3. The predicted molar refractivity (Wildman–Crippen MR) is 152 cm³/mol. The van der Waals surface area contributed by atoms with Gasteiger partial charge in [0.05, 0.1) is 45.1 Å². The normalized spacial score (nSPS) is 11.2. The van der Waals surface area contributed by atoms with Crippen LogP contribution in [0.15, 0.2) is 51.7 Å². The number of rotatable bonds is 9. The van der Waals surface area contributed by atoms with E-state index in [0.717, 1.165) is 12.8 Å². The van der Waals surface area contributed by atoms with Crippen molar-refractivity contribution in [2.45, 2.75) is 26.7 Å². The minimum Gasteiger partial charge on any atom is -0.367 e. The van der Waals surface area contributed by atoms with Crippen LogP contribution in [0.5, 0.6) is 0 Å². The van der Waals surface area contributed by atoms with Crippen LogP contribution >= 0.6 is 46.4 Å². The van der Waals surface area contributed by atoms with Crippen LogP contribution in [0.2, 0.25) is 20.1 Å². The van der Waals surface area contributed by atoms with Gasteiger partial charge in [-0.15, -0.1) is 10.2 Å². The second-order valence-corrected chi connectivity index (χ2v) is 8.16. The van der Waals surface area contributed by atoms with Crippen molar-refractivity contribution in [2.75, 3.05) is 13.2 Å². The van der Waals surface area contributed by atoms with Gasteiger partial charge in [-0.25, -0.2) is 11.0 Å². The number of hydrazone groups is 1. The third-order valence-corrected chi connectivity index (χ3v) is 4.89. The van der Waals surface area contributed by atoms with E-state index in [4.69, 9.17) is 73.4 Å². The van der Waals surface area contributed by atoms with E-state index >= 15 is 0 Å². The fourth-order valence-electron chi connectivity index (χ4n) is 1.91. The Morgan fingerprint density at radius 1 is 0.838 bits per heavy atom. The summed E-state index contributed by atoms with van der Waals surface area (Å²) in [6.45, 7) is 5.09. The number of aldehydes is 1. The summed E-state index contributed by atoms with van der Waals surface area (Å²) >= 11 is 23.1. The number of hydrogen-bond donors (Lipinski definition) is 5. The zero-order chi connectivity index (χ0) is 28.1. The van der Waals surface area contributed by atoms with Gasteiger partial charge < -0.3 is 17.3 Å². The lowest BCUT2D eigenvalue weighted by molar-refractivity contribution is 0.0845. The lowest BCUT2D eigenvalue weighted by Crippen LogP contribution is -2.32. The molecule has 2 aromatic rings. The molecule has 0 heterocycles. The number of nitrogens with zero attached hydrogens (tertiary/aromatic N) is 3. The number of guanidine groups is 2. The van der Waals surface area contributed by atoms with Crippen LogP contribution in [0, 0.1) is 0 Å². The molecule has 204 valence electrons. The van der Waals surface area contributed by atoms with Crippen molar-refractivity contribution < 1.29 is 14.5 Å². The summed E-state index contributed by atoms with van der Waals surface area (Å²) in [4.78, 5) is 20.0. The maximum Gasteiger partial charge on any atom is 0.237 e. The van der Waals surface area contributed by atoms with Crippen LogP contribution in [0.4, 0.5) is 0 Å². The lowest BCUT2D eigenvalue weighted by Gasteiger charge is -2.02. The molecular weight excluding hydrogens is 566 g/mol. The number of halogens is 4. The highest BCUT2D eigenvalue weighted by Gasteiger charge is 2.02. The van der Waals surface area contributed by atoms with Gasteiger partial charge in [-0.3, -0.25) is 14.5 Å². The van der Waals surface area contributed by atoms with Crippen molar-refractivity contribution in [3.05, 3.63) is 67.6 Å². The van der Waals surface area contributed by atoms with E-state index in [9.17, 15) is 4.79 Å². The topological polar surface area (TPSA) is 175 Å². The molecule has 0 aliphatic rings. The van der Waals surface area contributed by atoms with Crippen LogP contribution in [0.25, 0.3) is 0 Å². The molecule has 0 bridgehead atoms. The number of hydroxylamine groups is 2. The number of carbonyl (C=O) groups excluding carboxylic acids is 1. The SMILES string of the molecule is CCCONC(N)=N/N=C/c1c(Cl)cccc1Cl.CCCONC(N)=NN.O=Cc1c(Cl)cccc1Cl. The summed E-state index contributed by atoms with van der Waals surface area (Å²) in [6, 6.07) is 10.1. The molecule has 0 fully saturated rings. The summed E-state index contributed by atoms with van der Waals surface area (Å²) < 4.78 is 0. The smallest absolute Gasteiger partial charge is 0.237 e. The van der Waals surface area contributed by atoms with Crippen LogP contribution < -0.4 is 28.3 Å². The van der Waals surface area contributed by atoms with Gasteiger partial charge in [-0.05, 0) is 37.1 Å². The third kappa shape index (κ3) is 15.8. The first-order valence-corrected chi connectivity index (χ1v) is 12.2. The van der Waals surface area contributed by atoms with Gasteiger partial charge in [-0.1, -0.05) is 72.4 Å². The average Bonchev–Trinajstić information content (AvgIpc) is 2.87. The zero-order valence-electron chi connectivity index (χ0n) is 20.3. The summed E-state index contributed by atoms with van der Waals surface area (Å²) in [5.74, 6) is 4.92. The Balaban J connectivity index is 0.000000577. The molecular formula is C22H30Cl4N8O3. The molecule has 0 aromatic heterocycles. The highest BCUT2D eigenvalue weighted by Crippen LogP contribution is 2.22. The summed E-state index contributed by atoms with van der Waals surface area (Å²) in [7, 11) is 0. The molecule has 0 amide bonds. The van der Waals surface area contributed by atoms with E-state index in [2.05, 4.69) is 26.3 Å². The molecule has 0 aliphatic carbocycles. The van der Waals surface area contributed by atoms with Crippen molar-refractivity contribution in [1.29, 1.82) is 0 Å². The van der Waals surface area contributed by atoms with Crippen LogP contribution in [0.3, 0.4) is 0 Å². The Morgan fingerprint density at radius 3 is 1.65 bits per heavy atom. The fourth-order valence-corrected chi connectivity index (χ4v) is 2.89. The molecule has 2 aromatic carbocycles. The van der Waals surface area contributed by atoms with Crippen molar-refractivity contribution in [1.82, 2.24) is 11.0 Å². The number of carbonyl (C=O) groups is 1. The molecule has 0 atom stereocenters. The van der Waals surface area contributed by atoms with E-state index in [1.807, 2.05) is 13.8 Å². The van der Waals surface area contributed by atoms with Gasteiger partial charge in [0.1, 0.15) is 0 Å². The van der Waals surface area contributed by atoms with Gasteiger partial charge in [0.25, 0.3) is 0 Å². The van der Waals surface area contributed by atoms with E-state index in [0.29, 0.717) is 50.7 Å². The van der Waals surface area contributed by atoms with Crippen LogP contribution in [-0.2, 0) is 9.68 Å². The summed E-state index contributed by atoms with van der Waals surface area (Å²) in [5, 5.41) is 12.3. The number of hydrogen-bond acceptors (Lipinski definition) is 7. The molecule has 15 heteroatoms. The van der Waals surface area contributed by atoms with Gasteiger partial charge in [-0.2, -0.15) is 5.10 Å². The second-order valence-electron chi connectivity index (χ2n) is 6.53. The van der Waals surface area contributed by atoms with Crippen LogP contribution in [0.1, 0.15) is 42.6 Å². The molecule has 2 rings (SSSR count). The molecule has 8 N–H and O–H groups in total. The monoisotopic (exact) mass is 594 g/mol. The Morgan fingerprint density at radius 2 is 1.27 bits per heavy atom. The van der Waals surface area contributed by atoms with Crippen molar-refractivity contribution in [3.8, 4) is 0 Å². The maximum atomic E-state index is 10.3. The van der Waals surface area contributed by atoms with Gasteiger partial charge in [0.15, 0.2) is 6.29 Å². The van der Waals surface area contributed by atoms with Crippen LogP contribution in [-0.4, -0.2) is 37.6 Å². The van der Waals surface area contributed by atoms with E-state index in [1.54, 1.807) is 36.4 Å². The first kappa shape index (κ1) is 34.2. The molecule has 37 heavy (non-hydrogen) atoms. The Bertz CT molecular complexity index is 998. The maximum absolute atomic E-state index is 10.3. The highest BCUT2D eigenvalue weighted by atomic mass is 35.5. The Hall–Kier alpha value is -2.80. The average molecular weight is 596 g/mol.